The fraction of sp³-hybridized carbons (Fsp3) is 0.696. The van der Waals surface area contributed by atoms with Gasteiger partial charge in [0, 0.05) is 26.6 Å². The van der Waals surface area contributed by atoms with Crippen LogP contribution in [0.25, 0.3) is 0 Å². The van der Waals surface area contributed by atoms with E-state index in [-0.39, 0.29) is 24.7 Å². The van der Waals surface area contributed by atoms with Crippen molar-refractivity contribution in [2.75, 3.05) is 20.1 Å². The predicted octanol–water partition coefficient (Wildman–Crippen LogP) is -0.341. The SMILES string of the molecule is C#CCC1C(=O)NC(C)C(=O)N2CCCC2C(=O)OC(C)CC(=O)N2CCCC2C(=O)N1C. The predicted molar refractivity (Wildman–Crippen MR) is 117 cm³/mol. The average Bonchev–Trinajstić information content (AvgIpc) is 3.44. The number of carbonyl (C=O) groups is 5. The second-order valence-electron chi connectivity index (χ2n) is 8.99. The molecule has 5 unspecified atom stereocenters. The lowest BCUT2D eigenvalue weighted by molar-refractivity contribution is -0.160. The Morgan fingerprint density at radius 1 is 1.00 bits per heavy atom. The number of nitrogens with zero attached hydrogens (tertiary/aromatic N) is 3. The molecule has 5 atom stereocenters. The molecule has 3 fully saturated rings. The van der Waals surface area contributed by atoms with Crippen LogP contribution in [0.4, 0.5) is 0 Å². The number of nitrogens with one attached hydrogen (secondary N) is 1. The number of rotatable bonds is 1. The zero-order valence-electron chi connectivity index (χ0n) is 19.4. The molecule has 33 heavy (non-hydrogen) atoms. The second kappa shape index (κ2) is 10.2. The lowest BCUT2D eigenvalue weighted by Crippen LogP contribution is -2.57. The highest BCUT2D eigenvalue weighted by Gasteiger charge is 2.42. The maximum Gasteiger partial charge on any atom is 0.329 e. The lowest BCUT2D eigenvalue weighted by atomic mass is 10.1. The van der Waals surface area contributed by atoms with Gasteiger partial charge in [0.25, 0.3) is 0 Å². The topological polar surface area (TPSA) is 116 Å². The highest BCUT2D eigenvalue weighted by atomic mass is 16.5. The smallest absolute Gasteiger partial charge is 0.329 e. The van der Waals surface area contributed by atoms with E-state index in [9.17, 15) is 24.0 Å². The largest absolute Gasteiger partial charge is 0.461 e. The van der Waals surface area contributed by atoms with Crippen LogP contribution in [0.1, 0.15) is 52.4 Å². The van der Waals surface area contributed by atoms with Gasteiger partial charge in [-0.25, -0.2) is 4.79 Å². The Bertz CT molecular complexity index is 868. The zero-order valence-corrected chi connectivity index (χ0v) is 19.4. The number of hydrogen-bond acceptors (Lipinski definition) is 6. The van der Waals surface area contributed by atoms with Crippen molar-refractivity contribution in [1.29, 1.82) is 0 Å². The van der Waals surface area contributed by atoms with Gasteiger partial charge < -0.3 is 24.8 Å². The normalized spacial score (nSPS) is 32.2. The van der Waals surface area contributed by atoms with Gasteiger partial charge in [-0.05, 0) is 39.5 Å². The minimum absolute atomic E-state index is 0.0364. The van der Waals surface area contributed by atoms with Gasteiger partial charge >= 0.3 is 5.97 Å². The van der Waals surface area contributed by atoms with Gasteiger partial charge in [0.1, 0.15) is 30.3 Å². The molecule has 0 saturated carbocycles. The van der Waals surface area contributed by atoms with Crippen LogP contribution < -0.4 is 5.32 Å². The summed E-state index contributed by atoms with van der Waals surface area (Å²) in [4.78, 5) is 69.2. The minimum Gasteiger partial charge on any atom is -0.461 e. The molecule has 3 heterocycles. The minimum atomic E-state index is -0.985. The van der Waals surface area contributed by atoms with Crippen LogP contribution in [0.3, 0.4) is 0 Å². The molecule has 3 rings (SSSR count). The van der Waals surface area contributed by atoms with Crippen molar-refractivity contribution in [3.05, 3.63) is 0 Å². The third-order valence-electron chi connectivity index (χ3n) is 6.60. The number of esters is 1. The molecule has 180 valence electrons. The molecular weight excluding hydrogens is 428 g/mol. The molecule has 0 aliphatic carbocycles. The van der Waals surface area contributed by atoms with E-state index < -0.39 is 48.1 Å². The van der Waals surface area contributed by atoms with Crippen molar-refractivity contribution in [3.8, 4) is 12.3 Å². The van der Waals surface area contributed by atoms with Crippen molar-refractivity contribution in [3.63, 3.8) is 0 Å². The summed E-state index contributed by atoms with van der Waals surface area (Å²) in [5.74, 6) is 0.218. The van der Waals surface area contributed by atoms with E-state index >= 15 is 0 Å². The number of likely N-dealkylation sites (N-methyl/N-ethyl adjacent to an activating group) is 1. The van der Waals surface area contributed by atoms with E-state index in [1.54, 1.807) is 13.8 Å². The number of hydrogen-bond donors (Lipinski definition) is 1. The Morgan fingerprint density at radius 2 is 1.64 bits per heavy atom. The summed E-state index contributed by atoms with van der Waals surface area (Å²) in [6, 6.07) is -3.37. The fourth-order valence-electron chi connectivity index (χ4n) is 4.80. The lowest BCUT2D eigenvalue weighted by Gasteiger charge is -2.34. The van der Waals surface area contributed by atoms with Crippen LogP contribution in [0.5, 0.6) is 0 Å². The van der Waals surface area contributed by atoms with E-state index in [1.807, 2.05) is 0 Å². The molecule has 3 aliphatic rings. The Morgan fingerprint density at radius 3 is 2.30 bits per heavy atom. The summed E-state index contributed by atoms with van der Waals surface area (Å²) in [5, 5.41) is 2.65. The second-order valence-corrected chi connectivity index (χ2v) is 8.99. The third kappa shape index (κ3) is 5.13. The Kier molecular flexibility index (Phi) is 7.61. The number of fused-ring (bicyclic) bond motifs is 2. The first kappa shape index (κ1) is 24.6. The van der Waals surface area contributed by atoms with Gasteiger partial charge in [-0.15, -0.1) is 12.3 Å². The van der Waals surface area contributed by atoms with Crippen molar-refractivity contribution >= 4 is 29.6 Å². The van der Waals surface area contributed by atoms with Gasteiger partial charge in [0.05, 0.1) is 6.42 Å². The molecule has 4 amide bonds. The van der Waals surface area contributed by atoms with Crippen LogP contribution in [-0.4, -0.2) is 94.7 Å². The number of ether oxygens (including phenoxy) is 1. The Labute approximate surface area is 194 Å². The summed E-state index contributed by atoms with van der Waals surface area (Å²) in [5.41, 5.74) is 0. The molecule has 1 N–H and O–H groups in total. The van der Waals surface area contributed by atoms with Crippen molar-refractivity contribution in [2.24, 2.45) is 0 Å². The van der Waals surface area contributed by atoms with Crippen LogP contribution in [-0.2, 0) is 28.7 Å². The average molecular weight is 461 g/mol. The van der Waals surface area contributed by atoms with E-state index in [4.69, 9.17) is 11.2 Å². The maximum absolute atomic E-state index is 13.2. The van der Waals surface area contributed by atoms with Crippen molar-refractivity contribution in [1.82, 2.24) is 20.0 Å². The molecule has 0 spiro atoms. The monoisotopic (exact) mass is 460 g/mol. The van der Waals surface area contributed by atoms with Crippen LogP contribution in [0.15, 0.2) is 0 Å². The molecule has 0 aromatic heterocycles. The summed E-state index contributed by atoms with van der Waals surface area (Å²) in [7, 11) is 1.49. The summed E-state index contributed by atoms with van der Waals surface area (Å²) < 4.78 is 5.50. The molecule has 10 heteroatoms. The van der Waals surface area contributed by atoms with Crippen LogP contribution in [0.2, 0.25) is 0 Å². The van der Waals surface area contributed by atoms with Gasteiger partial charge in [-0.2, -0.15) is 0 Å². The highest BCUT2D eigenvalue weighted by Crippen LogP contribution is 2.24. The number of terminal acetylenes is 1. The van der Waals surface area contributed by atoms with Crippen molar-refractivity contribution < 1.29 is 28.7 Å². The molecule has 0 aromatic rings. The van der Waals surface area contributed by atoms with E-state index in [0.29, 0.717) is 38.8 Å². The molecule has 10 nitrogen and oxygen atoms in total. The van der Waals surface area contributed by atoms with Gasteiger partial charge in [0.2, 0.25) is 23.6 Å². The number of amides is 4. The quantitative estimate of drug-likeness (QED) is 0.423. The van der Waals surface area contributed by atoms with E-state index in [1.165, 1.54) is 21.7 Å². The first-order chi connectivity index (χ1) is 15.6. The first-order valence-electron chi connectivity index (χ1n) is 11.5. The molecule has 0 bridgehead atoms. The molecule has 3 aliphatic heterocycles. The Balaban J connectivity index is 1.93. The summed E-state index contributed by atoms with van der Waals surface area (Å²) >= 11 is 0. The van der Waals surface area contributed by atoms with Gasteiger partial charge in [0.15, 0.2) is 0 Å². The number of carbonyl (C=O) groups excluding carboxylic acids is 5. The van der Waals surface area contributed by atoms with Gasteiger partial charge in [-0.1, -0.05) is 0 Å². The standard InChI is InChI=1S/C23H32N4O6/c1-5-8-16-20(29)24-15(3)21(30)27-12-7-10-18(27)23(32)33-14(2)13-19(28)26-11-6-9-17(26)22(31)25(16)4/h1,14-18H,6-13H2,2-4H3,(H,24,29). The van der Waals surface area contributed by atoms with Gasteiger partial charge in [-0.3, -0.25) is 19.2 Å². The molecule has 0 radical (unpaired) electrons. The maximum atomic E-state index is 13.2. The van der Waals surface area contributed by atoms with Crippen LogP contribution in [0, 0.1) is 12.3 Å². The molecule has 3 saturated heterocycles. The van der Waals surface area contributed by atoms with E-state index in [2.05, 4.69) is 11.2 Å². The summed E-state index contributed by atoms with van der Waals surface area (Å²) in [6.45, 7) is 3.95. The van der Waals surface area contributed by atoms with Crippen LogP contribution >= 0.6 is 0 Å². The molecule has 0 aromatic carbocycles. The first-order valence-corrected chi connectivity index (χ1v) is 11.5. The zero-order chi connectivity index (χ0) is 24.3. The fourth-order valence-corrected chi connectivity index (χ4v) is 4.80. The van der Waals surface area contributed by atoms with E-state index in [0.717, 1.165) is 0 Å². The third-order valence-corrected chi connectivity index (χ3v) is 6.60. The Hall–Kier alpha value is -3.09. The highest BCUT2D eigenvalue weighted by molar-refractivity contribution is 5.95. The van der Waals surface area contributed by atoms with Crippen molar-refractivity contribution in [2.45, 2.75) is 82.6 Å². The molecular formula is C23H32N4O6. The number of cyclic esters (lactones) is 1. The summed E-state index contributed by atoms with van der Waals surface area (Å²) in [6.07, 6.45) is 6.87.